The van der Waals surface area contributed by atoms with Gasteiger partial charge in [-0.05, 0) is 110 Å². The maximum Gasteiger partial charge on any atom is 0.306 e. The molecule has 2 atom stereocenters. The number of pyridine rings is 2. The molecule has 0 saturated carbocycles. The van der Waals surface area contributed by atoms with Gasteiger partial charge in [-0.1, -0.05) is 36.4 Å². The first-order valence-corrected chi connectivity index (χ1v) is 21.2. The van der Waals surface area contributed by atoms with E-state index in [1.807, 2.05) is 50.2 Å². The van der Waals surface area contributed by atoms with Crippen molar-refractivity contribution in [3.05, 3.63) is 90.9 Å². The monoisotopic (exact) mass is 987 g/mol. The Morgan fingerprint density at radius 2 is 1.13 bits per heavy atom. The first-order chi connectivity index (χ1) is 29.6. The Kier molecular flexibility index (Phi) is 19.4. The molecule has 0 unspecified atom stereocenters. The summed E-state index contributed by atoms with van der Waals surface area (Å²) in [5.74, 6) is -2.14. The number of amides is 2. The molecule has 4 rings (SSSR count). The maximum absolute atomic E-state index is 12.0. The van der Waals surface area contributed by atoms with Crippen molar-refractivity contribution in [3.8, 4) is 34.6 Å². The van der Waals surface area contributed by atoms with Crippen molar-refractivity contribution in [2.75, 3.05) is 33.9 Å². The van der Waals surface area contributed by atoms with Crippen LogP contribution in [0.3, 0.4) is 0 Å². The molecule has 0 fully saturated rings. The van der Waals surface area contributed by atoms with Crippen LogP contribution in [0.4, 0.5) is 0 Å². The van der Waals surface area contributed by atoms with Crippen LogP contribution in [-0.4, -0.2) is 100 Å². The number of hydrogen-bond acceptors (Lipinski definition) is 13. The van der Waals surface area contributed by atoms with Gasteiger partial charge < -0.3 is 55.3 Å². The van der Waals surface area contributed by atoms with Crippen molar-refractivity contribution in [3.63, 3.8) is 0 Å². The number of aliphatic carboxylic acids is 2. The van der Waals surface area contributed by atoms with Crippen molar-refractivity contribution >= 4 is 55.6 Å². The highest BCUT2D eigenvalue weighted by atomic mass is 79.9. The highest BCUT2D eigenvalue weighted by molar-refractivity contribution is 9.10. The molecule has 0 aliphatic carbocycles. The number of carbonyl (C=O) groups excluding carboxylic acids is 2. The molecule has 17 nitrogen and oxygen atoms in total. The van der Waals surface area contributed by atoms with Gasteiger partial charge >= 0.3 is 11.9 Å². The summed E-state index contributed by atoms with van der Waals surface area (Å²) < 4.78 is 25.0. The first-order valence-electron chi connectivity index (χ1n) is 19.6. The van der Waals surface area contributed by atoms with E-state index in [4.69, 9.17) is 29.2 Å². The number of aliphatic hydroxyl groups is 2. The quantitative estimate of drug-likeness (QED) is 0.0473. The van der Waals surface area contributed by atoms with Crippen LogP contribution < -0.4 is 34.9 Å². The van der Waals surface area contributed by atoms with Gasteiger partial charge in [0.1, 0.15) is 13.2 Å². The first kappa shape index (κ1) is 49.3. The van der Waals surface area contributed by atoms with Crippen LogP contribution in [0.5, 0.6) is 23.5 Å². The average molecular weight is 990 g/mol. The van der Waals surface area contributed by atoms with Crippen LogP contribution in [0.25, 0.3) is 11.1 Å². The van der Waals surface area contributed by atoms with Gasteiger partial charge in [0.05, 0.1) is 34.0 Å². The van der Waals surface area contributed by atoms with E-state index < -0.39 is 30.6 Å². The van der Waals surface area contributed by atoms with Gasteiger partial charge in [-0.3, -0.25) is 19.2 Å². The fourth-order valence-corrected chi connectivity index (χ4v) is 7.15. The number of aliphatic hydroxyl groups excluding tert-OH is 2. The lowest BCUT2D eigenvalue weighted by molar-refractivity contribution is -0.140. The van der Waals surface area contributed by atoms with E-state index in [2.05, 4.69) is 57.8 Å². The lowest BCUT2D eigenvalue weighted by Crippen LogP contribution is -2.29. The average Bonchev–Trinajstić information content (AvgIpc) is 3.22. The molecular weight excluding hydrogens is 938 g/mol. The minimum absolute atomic E-state index is 0.0110. The summed E-state index contributed by atoms with van der Waals surface area (Å²) >= 11 is 7.08. The standard InChI is InChI=1S/C43H51Br2N5O12/c1-24-27(20-59-42-34(44)14-26(8-5-11-30(51)16-38(55)56)40(49-42)61-22-36(53)46-3)9-6-12-32(24)33-13-7-10-28(25(33)2)21-60-43-35(45)15-29(18-48-19-31(52)17-39(57)58)41(50-43)62-23-37(54)47-4/h6-7,9-10,12-15,30-31,48,51-52H,5,8,11,16-23H2,1-4H3,(H,46,53)(H,47,54)(H,55,56)(H,57,58)/t30-,31+/m1/s1. The molecule has 2 aromatic heterocycles. The summed E-state index contributed by atoms with van der Waals surface area (Å²) in [6, 6.07) is 15.3. The summed E-state index contributed by atoms with van der Waals surface area (Å²) in [7, 11) is 2.98. The zero-order valence-electron chi connectivity index (χ0n) is 34.8. The Morgan fingerprint density at radius 3 is 1.61 bits per heavy atom. The van der Waals surface area contributed by atoms with E-state index in [0.717, 1.165) is 33.4 Å². The smallest absolute Gasteiger partial charge is 0.306 e. The van der Waals surface area contributed by atoms with Gasteiger partial charge in [0.25, 0.3) is 11.8 Å². The number of hydrogen-bond donors (Lipinski definition) is 7. The van der Waals surface area contributed by atoms with Crippen LogP contribution in [-0.2, 0) is 45.4 Å². The normalized spacial score (nSPS) is 11.9. The van der Waals surface area contributed by atoms with Crippen molar-refractivity contribution in [1.82, 2.24) is 25.9 Å². The van der Waals surface area contributed by atoms with E-state index in [1.54, 1.807) is 12.1 Å². The number of nitrogens with one attached hydrogen (secondary N) is 3. The number of ether oxygens (including phenoxy) is 4. The second-order valence-electron chi connectivity index (χ2n) is 14.2. The molecule has 0 bridgehead atoms. The molecule has 2 aromatic carbocycles. The van der Waals surface area contributed by atoms with E-state index in [-0.39, 0.29) is 87.7 Å². The van der Waals surface area contributed by atoms with Crippen LogP contribution in [0, 0.1) is 13.8 Å². The van der Waals surface area contributed by atoms with Gasteiger partial charge in [0.15, 0.2) is 13.2 Å². The minimum Gasteiger partial charge on any atom is -0.481 e. The molecule has 62 heavy (non-hydrogen) atoms. The second-order valence-corrected chi connectivity index (χ2v) is 15.9. The molecule has 334 valence electrons. The number of nitrogens with zero attached hydrogens (tertiary/aromatic N) is 2. The third-order valence-corrected chi connectivity index (χ3v) is 10.8. The molecule has 0 aliphatic heterocycles. The van der Waals surface area contributed by atoms with E-state index in [1.165, 1.54) is 14.1 Å². The van der Waals surface area contributed by atoms with Gasteiger partial charge in [0, 0.05) is 38.3 Å². The van der Waals surface area contributed by atoms with Crippen LogP contribution in [0.1, 0.15) is 59.1 Å². The molecule has 0 spiro atoms. The molecule has 0 radical (unpaired) electrons. The predicted molar refractivity (Wildman–Crippen MR) is 234 cm³/mol. The fourth-order valence-electron chi connectivity index (χ4n) is 6.19. The van der Waals surface area contributed by atoms with Crippen molar-refractivity contribution in [1.29, 1.82) is 0 Å². The summed E-state index contributed by atoms with van der Waals surface area (Å²) in [4.78, 5) is 55.0. The Bertz CT molecular complexity index is 2060. The predicted octanol–water partition coefficient (Wildman–Crippen LogP) is 4.78. The number of likely N-dealkylation sites (N-methyl/N-ethyl adjacent to an activating group) is 2. The Balaban J connectivity index is 1.51. The SMILES string of the molecule is CNC(=O)COc1nc(OCc2cccc(-c3cccc(COc4nc(OCC(=O)NC)c(CNC[C@@H](O)CC(=O)O)cc4Br)c3C)c2C)c(Br)cc1CCC[C@@H](O)CC(=O)O. The molecule has 0 aliphatic rings. The third kappa shape index (κ3) is 14.9. The fraction of sp³-hybridized carbons (Fsp3) is 0.395. The van der Waals surface area contributed by atoms with Gasteiger partial charge in [-0.25, -0.2) is 0 Å². The number of aromatic nitrogens is 2. The molecule has 0 saturated heterocycles. The van der Waals surface area contributed by atoms with E-state index in [0.29, 0.717) is 32.9 Å². The molecular formula is C43H51Br2N5O12. The van der Waals surface area contributed by atoms with E-state index in [9.17, 15) is 29.4 Å². The van der Waals surface area contributed by atoms with Crippen molar-refractivity contribution in [2.24, 2.45) is 0 Å². The largest absolute Gasteiger partial charge is 0.481 e. The van der Waals surface area contributed by atoms with E-state index >= 15 is 0 Å². The molecule has 2 heterocycles. The summed E-state index contributed by atoms with van der Waals surface area (Å²) in [5.41, 5.74) is 6.87. The maximum atomic E-state index is 12.0. The molecule has 2 amide bonds. The summed E-state index contributed by atoms with van der Waals surface area (Å²) in [6.45, 7) is 3.90. The number of carboxylic acids is 2. The molecule has 7 N–H and O–H groups in total. The van der Waals surface area contributed by atoms with Gasteiger partial charge in [-0.15, -0.1) is 0 Å². The lowest BCUT2D eigenvalue weighted by Gasteiger charge is -2.18. The number of carboxylic acid groups (broad SMARTS) is 2. The van der Waals surface area contributed by atoms with Gasteiger partial charge in [0.2, 0.25) is 23.5 Å². The lowest BCUT2D eigenvalue weighted by atomic mass is 9.92. The third-order valence-electron chi connectivity index (χ3n) is 9.61. The Labute approximate surface area is 375 Å². The number of benzene rings is 2. The minimum atomic E-state index is -1.12. The van der Waals surface area contributed by atoms with Crippen LogP contribution in [0.15, 0.2) is 57.5 Å². The number of rotatable bonds is 25. The Morgan fingerprint density at radius 1 is 0.661 bits per heavy atom. The number of halogens is 2. The highest BCUT2D eigenvalue weighted by Gasteiger charge is 2.19. The zero-order chi connectivity index (χ0) is 45.3. The summed E-state index contributed by atoms with van der Waals surface area (Å²) in [5, 5.41) is 45.9. The molecule has 19 heteroatoms. The van der Waals surface area contributed by atoms with Gasteiger partial charge in [-0.2, -0.15) is 9.97 Å². The Hall–Kier alpha value is -5.34. The van der Waals surface area contributed by atoms with Crippen molar-refractivity contribution < 1.29 is 58.6 Å². The summed E-state index contributed by atoms with van der Waals surface area (Å²) in [6.07, 6.45) is -1.72. The van der Waals surface area contributed by atoms with Crippen LogP contribution in [0.2, 0.25) is 0 Å². The van der Waals surface area contributed by atoms with Crippen molar-refractivity contribution in [2.45, 2.75) is 77.9 Å². The molecule has 4 aromatic rings. The second kappa shape index (κ2) is 24.3. The van der Waals surface area contributed by atoms with Crippen LogP contribution >= 0.6 is 31.9 Å². The number of carbonyl (C=O) groups is 4. The zero-order valence-corrected chi connectivity index (χ0v) is 37.9. The topological polar surface area (TPSA) is 248 Å². The highest BCUT2D eigenvalue weighted by Crippen LogP contribution is 2.35. The number of aryl methyl sites for hydroxylation is 1.